The van der Waals surface area contributed by atoms with Crippen LogP contribution in [0.15, 0.2) is 35.2 Å². The predicted octanol–water partition coefficient (Wildman–Crippen LogP) is 4.06. The molecule has 0 heterocycles. The summed E-state index contributed by atoms with van der Waals surface area (Å²) in [5, 5.41) is 0. The lowest BCUT2D eigenvalue weighted by atomic mass is 10.1. The summed E-state index contributed by atoms with van der Waals surface area (Å²) in [6.07, 6.45) is 0. The highest BCUT2D eigenvalue weighted by Gasteiger charge is 2.17. The molecule has 2 aromatic rings. The summed E-state index contributed by atoms with van der Waals surface area (Å²) in [5.41, 5.74) is 0.352. The zero-order valence-electron chi connectivity index (χ0n) is 13.4. The number of thioether (sulfide) groups is 1. The minimum atomic E-state index is -1.09. The van der Waals surface area contributed by atoms with E-state index in [9.17, 15) is 13.6 Å². The third-order valence-electron chi connectivity index (χ3n) is 3.30. The molecule has 0 atom stereocenters. The number of hydrogen-bond donors (Lipinski definition) is 0. The summed E-state index contributed by atoms with van der Waals surface area (Å²) >= 11 is 1.35. The maximum atomic E-state index is 13.5. The Labute approximate surface area is 142 Å². The van der Waals surface area contributed by atoms with Gasteiger partial charge < -0.3 is 14.2 Å². The molecule has 0 aliphatic heterocycles. The molecular weight excluding hydrogens is 338 g/mol. The SMILES string of the molecule is COC(=O)c1cc(F)c(F)cc1CSc1ccc(OC)c(OC)c1. The number of hydrogen-bond acceptors (Lipinski definition) is 5. The van der Waals surface area contributed by atoms with Gasteiger partial charge in [-0.15, -0.1) is 11.8 Å². The second-order valence-electron chi connectivity index (χ2n) is 4.72. The van der Waals surface area contributed by atoms with E-state index in [0.717, 1.165) is 17.0 Å². The largest absolute Gasteiger partial charge is 0.493 e. The highest BCUT2D eigenvalue weighted by atomic mass is 32.2. The molecule has 0 amide bonds. The van der Waals surface area contributed by atoms with Gasteiger partial charge in [-0.25, -0.2) is 13.6 Å². The van der Waals surface area contributed by atoms with Crippen molar-refractivity contribution in [1.82, 2.24) is 0 Å². The molecule has 0 aliphatic carbocycles. The van der Waals surface area contributed by atoms with Crippen molar-refractivity contribution in [3.63, 3.8) is 0 Å². The summed E-state index contributed by atoms with van der Waals surface area (Å²) in [4.78, 5) is 12.6. The van der Waals surface area contributed by atoms with E-state index in [2.05, 4.69) is 4.74 Å². The van der Waals surface area contributed by atoms with Crippen molar-refractivity contribution < 1.29 is 27.8 Å². The van der Waals surface area contributed by atoms with Gasteiger partial charge in [-0.1, -0.05) is 0 Å². The Morgan fingerprint density at radius 2 is 1.67 bits per heavy atom. The molecule has 24 heavy (non-hydrogen) atoms. The van der Waals surface area contributed by atoms with Gasteiger partial charge in [0.05, 0.1) is 26.9 Å². The number of esters is 1. The number of rotatable bonds is 6. The number of halogens is 2. The highest BCUT2D eigenvalue weighted by Crippen LogP contribution is 2.34. The van der Waals surface area contributed by atoms with Gasteiger partial charge >= 0.3 is 5.97 Å². The van der Waals surface area contributed by atoms with Crippen molar-refractivity contribution in [2.24, 2.45) is 0 Å². The topological polar surface area (TPSA) is 44.8 Å². The predicted molar refractivity (Wildman–Crippen MR) is 86.8 cm³/mol. The van der Waals surface area contributed by atoms with E-state index < -0.39 is 17.6 Å². The van der Waals surface area contributed by atoms with Crippen molar-refractivity contribution in [1.29, 1.82) is 0 Å². The number of methoxy groups -OCH3 is 3. The quantitative estimate of drug-likeness (QED) is 0.578. The molecule has 2 rings (SSSR count). The Morgan fingerprint density at radius 1 is 1.00 bits per heavy atom. The summed E-state index contributed by atoms with van der Waals surface area (Å²) in [6.45, 7) is 0. The second-order valence-corrected chi connectivity index (χ2v) is 5.77. The Balaban J connectivity index is 2.25. The Kier molecular flexibility index (Phi) is 6.03. The van der Waals surface area contributed by atoms with Crippen molar-refractivity contribution in [3.05, 3.63) is 53.1 Å². The van der Waals surface area contributed by atoms with Crippen LogP contribution in [0.5, 0.6) is 11.5 Å². The molecule has 128 valence electrons. The van der Waals surface area contributed by atoms with Crippen molar-refractivity contribution in [2.45, 2.75) is 10.6 Å². The standard InChI is InChI=1S/C17H16F2O4S/c1-21-15-5-4-11(7-16(15)22-2)24-9-10-6-13(18)14(19)8-12(10)17(20)23-3/h4-8H,9H2,1-3H3. The number of carbonyl (C=O) groups is 1. The van der Waals surface area contributed by atoms with Gasteiger partial charge in [-0.2, -0.15) is 0 Å². The fourth-order valence-corrected chi connectivity index (χ4v) is 2.99. The first-order valence-electron chi connectivity index (χ1n) is 6.91. The molecule has 0 radical (unpaired) electrons. The highest BCUT2D eigenvalue weighted by molar-refractivity contribution is 7.98. The molecule has 0 fully saturated rings. The normalized spacial score (nSPS) is 10.4. The first-order valence-corrected chi connectivity index (χ1v) is 7.89. The fourth-order valence-electron chi connectivity index (χ4n) is 2.07. The van der Waals surface area contributed by atoms with Crippen molar-refractivity contribution >= 4 is 17.7 Å². The summed E-state index contributed by atoms with van der Waals surface area (Å²) in [7, 11) is 4.25. The van der Waals surface area contributed by atoms with Crippen LogP contribution in [0.4, 0.5) is 8.78 Å². The van der Waals surface area contributed by atoms with Crippen LogP contribution < -0.4 is 9.47 Å². The van der Waals surface area contributed by atoms with Gasteiger partial charge in [0.15, 0.2) is 23.1 Å². The fraction of sp³-hybridized carbons (Fsp3) is 0.235. The Morgan fingerprint density at radius 3 is 2.29 bits per heavy atom. The molecule has 0 unspecified atom stereocenters. The van der Waals surface area contributed by atoms with E-state index in [1.54, 1.807) is 12.1 Å². The molecule has 0 aromatic heterocycles. The van der Waals surface area contributed by atoms with Crippen molar-refractivity contribution in [2.75, 3.05) is 21.3 Å². The monoisotopic (exact) mass is 354 g/mol. The number of benzene rings is 2. The zero-order chi connectivity index (χ0) is 17.7. The molecule has 0 saturated heterocycles. The molecule has 4 nitrogen and oxygen atoms in total. The third-order valence-corrected chi connectivity index (χ3v) is 4.34. The van der Waals surface area contributed by atoms with E-state index in [-0.39, 0.29) is 11.3 Å². The van der Waals surface area contributed by atoms with Crippen LogP contribution in [-0.2, 0) is 10.5 Å². The Hall–Kier alpha value is -2.28. The molecule has 0 bridgehead atoms. The minimum Gasteiger partial charge on any atom is -0.493 e. The Bertz CT molecular complexity index is 750. The average Bonchev–Trinajstić information content (AvgIpc) is 2.61. The van der Waals surface area contributed by atoms with Crippen LogP contribution in [0.1, 0.15) is 15.9 Å². The van der Waals surface area contributed by atoms with E-state index in [1.165, 1.54) is 33.1 Å². The first-order chi connectivity index (χ1) is 11.5. The maximum absolute atomic E-state index is 13.5. The van der Waals surface area contributed by atoms with Gasteiger partial charge in [-0.05, 0) is 35.9 Å². The average molecular weight is 354 g/mol. The molecule has 7 heteroatoms. The summed E-state index contributed by atoms with van der Waals surface area (Å²) in [6, 6.07) is 7.18. The molecule has 0 N–H and O–H groups in total. The number of ether oxygens (including phenoxy) is 3. The lowest BCUT2D eigenvalue weighted by Crippen LogP contribution is -2.07. The van der Waals surface area contributed by atoms with Gasteiger partial charge in [0.1, 0.15) is 0 Å². The zero-order valence-corrected chi connectivity index (χ0v) is 14.2. The van der Waals surface area contributed by atoms with Gasteiger partial charge in [-0.3, -0.25) is 0 Å². The van der Waals surface area contributed by atoms with E-state index in [0.29, 0.717) is 17.1 Å². The van der Waals surface area contributed by atoms with E-state index >= 15 is 0 Å². The lowest BCUT2D eigenvalue weighted by Gasteiger charge is -2.11. The van der Waals surface area contributed by atoms with Crippen LogP contribution in [0.3, 0.4) is 0 Å². The van der Waals surface area contributed by atoms with E-state index in [4.69, 9.17) is 9.47 Å². The van der Waals surface area contributed by atoms with Gasteiger partial charge in [0, 0.05) is 10.6 Å². The molecule has 0 spiro atoms. The maximum Gasteiger partial charge on any atom is 0.338 e. The molecule has 0 aliphatic rings. The third kappa shape index (κ3) is 3.97. The van der Waals surface area contributed by atoms with Crippen LogP contribution in [0.2, 0.25) is 0 Å². The molecule has 2 aromatic carbocycles. The smallest absolute Gasteiger partial charge is 0.338 e. The molecular formula is C17H16F2O4S. The molecule has 0 saturated carbocycles. The number of carbonyl (C=O) groups excluding carboxylic acids is 1. The van der Waals surface area contributed by atoms with Gasteiger partial charge in [0.25, 0.3) is 0 Å². The van der Waals surface area contributed by atoms with Gasteiger partial charge in [0.2, 0.25) is 0 Å². The first kappa shape index (κ1) is 18.1. The summed E-state index contributed by atoms with van der Waals surface area (Å²) < 4.78 is 41.9. The van der Waals surface area contributed by atoms with Crippen LogP contribution in [0.25, 0.3) is 0 Å². The van der Waals surface area contributed by atoms with Crippen LogP contribution >= 0.6 is 11.8 Å². The van der Waals surface area contributed by atoms with E-state index in [1.807, 2.05) is 6.07 Å². The van der Waals surface area contributed by atoms with Crippen molar-refractivity contribution in [3.8, 4) is 11.5 Å². The lowest BCUT2D eigenvalue weighted by molar-refractivity contribution is 0.0599. The second kappa shape index (κ2) is 8.01. The van der Waals surface area contributed by atoms with Crippen LogP contribution in [-0.4, -0.2) is 27.3 Å². The summed E-state index contributed by atoms with van der Waals surface area (Å²) in [5.74, 6) is -1.40. The van der Waals surface area contributed by atoms with Crippen LogP contribution in [0, 0.1) is 11.6 Å². The minimum absolute atomic E-state index is 0.00405.